The first-order valence-electron chi connectivity index (χ1n) is 7.10. The van der Waals surface area contributed by atoms with E-state index in [9.17, 15) is 4.39 Å². The van der Waals surface area contributed by atoms with Crippen LogP contribution >= 0.6 is 0 Å². The molecule has 0 aliphatic rings. The molecular formula is C16H26FN. The molecule has 0 radical (unpaired) electrons. The molecule has 0 spiro atoms. The Morgan fingerprint density at radius 2 is 1.94 bits per heavy atom. The quantitative estimate of drug-likeness (QED) is 0.746. The molecule has 0 fully saturated rings. The summed E-state index contributed by atoms with van der Waals surface area (Å²) in [4.78, 5) is 0. The van der Waals surface area contributed by atoms with Crippen molar-refractivity contribution in [2.24, 2.45) is 5.92 Å². The number of aryl methyl sites for hydroxylation is 1. The monoisotopic (exact) mass is 251 g/mol. The van der Waals surface area contributed by atoms with Crippen LogP contribution < -0.4 is 5.32 Å². The molecule has 2 heteroatoms. The fourth-order valence-electron chi connectivity index (χ4n) is 2.45. The molecule has 0 aliphatic heterocycles. The van der Waals surface area contributed by atoms with Gasteiger partial charge < -0.3 is 5.32 Å². The highest BCUT2D eigenvalue weighted by Gasteiger charge is 2.21. The molecule has 0 amide bonds. The Kier molecular flexibility index (Phi) is 6.34. The topological polar surface area (TPSA) is 12.0 Å². The highest BCUT2D eigenvalue weighted by atomic mass is 19.1. The maximum atomic E-state index is 14.2. The Balaban J connectivity index is 2.97. The van der Waals surface area contributed by atoms with Gasteiger partial charge >= 0.3 is 0 Å². The van der Waals surface area contributed by atoms with E-state index >= 15 is 0 Å². The van der Waals surface area contributed by atoms with Gasteiger partial charge in [0.2, 0.25) is 0 Å². The standard InChI is InChI=1S/C16H26FN/c1-5-8-13(4)16(18-11-6-2)14-10-7-9-12(3)15(14)17/h7,9-10,13,16,18H,5-6,8,11H2,1-4H3. The van der Waals surface area contributed by atoms with Crippen molar-refractivity contribution >= 4 is 0 Å². The van der Waals surface area contributed by atoms with Gasteiger partial charge in [-0.15, -0.1) is 0 Å². The van der Waals surface area contributed by atoms with Crippen LogP contribution in [-0.4, -0.2) is 6.54 Å². The van der Waals surface area contributed by atoms with E-state index in [2.05, 4.69) is 26.1 Å². The van der Waals surface area contributed by atoms with Crippen LogP contribution in [0.15, 0.2) is 18.2 Å². The molecule has 0 heterocycles. The maximum absolute atomic E-state index is 14.2. The largest absolute Gasteiger partial charge is 0.310 e. The normalized spacial score (nSPS) is 14.5. The van der Waals surface area contributed by atoms with Gasteiger partial charge in [-0.05, 0) is 37.8 Å². The maximum Gasteiger partial charge on any atom is 0.130 e. The summed E-state index contributed by atoms with van der Waals surface area (Å²) in [5.41, 5.74) is 1.56. The van der Waals surface area contributed by atoms with E-state index in [-0.39, 0.29) is 11.9 Å². The summed E-state index contributed by atoms with van der Waals surface area (Å²) in [6, 6.07) is 5.83. The predicted octanol–water partition coefficient (Wildman–Crippen LogP) is 4.61. The average molecular weight is 251 g/mol. The van der Waals surface area contributed by atoms with Gasteiger partial charge in [-0.2, -0.15) is 0 Å². The summed E-state index contributed by atoms with van der Waals surface area (Å²) in [5.74, 6) is 0.409. The molecule has 2 atom stereocenters. The third kappa shape index (κ3) is 3.81. The fraction of sp³-hybridized carbons (Fsp3) is 0.625. The fourth-order valence-corrected chi connectivity index (χ4v) is 2.45. The first-order chi connectivity index (χ1) is 8.61. The molecule has 0 aliphatic carbocycles. The van der Waals surface area contributed by atoms with Gasteiger partial charge in [0.15, 0.2) is 0 Å². The van der Waals surface area contributed by atoms with Crippen molar-refractivity contribution < 1.29 is 4.39 Å². The molecule has 1 N–H and O–H groups in total. The Labute approximate surface area is 111 Å². The zero-order valence-corrected chi connectivity index (χ0v) is 12.1. The second-order valence-corrected chi connectivity index (χ2v) is 5.18. The lowest BCUT2D eigenvalue weighted by Crippen LogP contribution is -2.28. The lowest BCUT2D eigenvalue weighted by Gasteiger charge is -2.26. The van der Waals surface area contributed by atoms with Gasteiger partial charge in [-0.1, -0.05) is 45.4 Å². The molecule has 1 aromatic rings. The van der Waals surface area contributed by atoms with Crippen LogP contribution in [0.25, 0.3) is 0 Å². The van der Waals surface area contributed by atoms with Crippen molar-refractivity contribution in [2.45, 2.75) is 53.0 Å². The zero-order valence-electron chi connectivity index (χ0n) is 12.1. The predicted molar refractivity (Wildman–Crippen MR) is 76.2 cm³/mol. The summed E-state index contributed by atoms with van der Waals surface area (Å²) >= 11 is 0. The third-order valence-corrected chi connectivity index (χ3v) is 3.48. The van der Waals surface area contributed by atoms with Crippen LogP contribution in [-0.2, 0) is 0 Å². The van der Waals surface area contributed by atoms with E-state index in [1.165, 1.54) is 0 Å². The minimum absolute atomic E-state index is 0.0472. The van der Waals surface area contributed by atoms with Gasteiger partial charge in [0.25, 0.3) is 0 Å². The van der Waals surface area contributed by atoms with Crippen molar-refractivity contribution in [1.29, 1.82) is 0 Å². The van der Waals surface area contributed by atoms with Gasteiger partial charge in [-0.3, -0.25) is 0 Å². The van der Waals surface area contributed by atoms with Crippen molar-refractivity contribution in [3.05, 3.63) is 35.1 Å². The Bertz CT molecular complexity index is 362. The summed E-state index contributed by atoms with van der Waals surface area (Å²) < 4.78 is 14.2. The van der Waals surface area contributed by atoms with E-state index in [0.717, 1.165) is 36.9 Å². The minimum Gasteiger partial charge on any atom is -0.310 e. The number of nitrogens with one attached hydrogen (secondary N) is 1. The Morgan fingerprint density at radius 3 is 2.56 bits per heavy atom. The summed E-state index contributed by atoms with van der Waals surface area (Å²) in [5, 5.41) is 3.50. The Morgan fingerprint density at radius 1 is 1.22 bits per heavy atom. The molecule has 2 unspecified atom stereocenters. The van der Waals surface area contributed by atoms with Crippen molar-refractivity contribution in [3.8, 4) is 0 Å². The molecule has 102 valence electrons. The van der Waals surface area contributed by atoms with E-state index in [4.69, 9.17) is 0 Å². The second kappa shape index (κ2) is 7.52. The van der Waals surface area contributed by atoms with Crippen LogP contribution in [0.2, 0.25) is 0 Å². The number of rotatable bonds is 7. The van der Waals surface area contributed by atoms with Crippen LogP contribution in [0, 0.1) is 18.7 Å². The SMILES string of the molecule is CCCNC(c1cccc(C)c1F)C(C)CCC. The molecule has 0 aromatic heterocycles. The number of hydrogen-bond donors (Lipinski definition) is 1. The molecule has 1 nitrogen and oxygen atoms in total. The van der Waals surface area contributed by atoms with Gasteiger partial charge in [0, 0.05) is 11.6 Å². The lowest BCUT2D eigenvalue weighted by atomic mass is 9.89. The highest BCUT2D eigenvalue weighted by Crippen LogP contribution is 2.28. The van der Waals surface area contributed by atoms with Gasteiger partial charge in [0.05, 0.1) is 0 Å². The first-order valence-corrected chi connectivity index (χ1v) is 7.10. The van der Waals surface area contributed by atoms with Crippen molar-refractivity contribution in [3.63, 3.8) is 0 Å². The molecule has 18 heavy (non-hydrogen) atoms. The van der Waals surface area contributed by atoms with Crippen LogP contribution in [0.3, 0.4) is 0 Å². The zero-order chi connectivity index (χ0) is 13.5. The minimum atomic E-state index is -0.0472. The smallest absolute Gasteiger partial charge is 0.130 e. The molecule has 1 aromatic carbocycles. The van der Waals surface area contributed by atoms with E-state index in [0.29, 0.717) is 5.92 Å². The Hall–Kier alpha value is -0.890. The molecule has 0 saturated heterocycles. The number of hydrogen-bond acceptors (Lipinski definition) is 1. The summed E-state index contributed by atoms with van der Waals surface area (Å²) in [7, 11) is 0. The van der Waals surface area contributed by atoms with E-state index in [1.807, 2.05) is 25.1 Å². The molecule has 0 saturated carbocycles. The van der Waals surface area contributed by atoms with E-state index in [1.54, 1.807) is 0 Å². The van der Waals surface area contributed by atoms with Gasteiger partial charge in [-0.25, -0.2) is 4.39 Å². The van der Waals surface area contributed by atoms with E-state index < -0.39 is 0 Å². The molecule has 0 bridgehead atoms. The average Bonchev–Trinajstić information content (AvgIpc) is 2.35. The molecular weight excluding hydrogens is 225 g/mol. The second-order valence-electron chi connectivity index (χ2n) is 5.18. The van der Waals surface area contributed by atoms with Crippen LogP contribution in [0.4, 0.5) is 4.39 Å². The first kappa shape index (κ1) is 15.2. The third-order valence-electron chi connectivity index (χ3n) is 3.48. The summed E-state index contributed by atoms with van der Waals surface area (Å²) in [6.07, 6.45) is 3.33. The number of benzene rings is 1. The van der Waals surface area contributed by atoms with Crippen molar-refractivity contribution in [2.75, 3.05) is 6.54 Å². The van der Waals surface area contributed by atoms with Crippen LogP contribution in [0.5, 0.6) is 0 Å². The molecule has 1 rings (SSSR count). The highest BCUT2D eigenvalue weighted by molar-refractivity contribution is 5.28. The summed E-state index contributed by atoms with van der Waals surface area (Å²) in [6.45, 7) is 9.30. The number of halogens is 1. The van der Waals surface area contributed by atoms with Crippen LogP contribution in [0.1, 0.15) is 57.2 Å². The van der Waals surface area contributed by atoms with Crippen molar-refractivity contribution in [1.82, 2.24) is 5.32 Å². The lowest BCUT2D eigenvalue weighted by molar-refractivity contribution is 0.353. The van der Waals surface area contributed by atoms with Gasteiger partial charge in [0.1, 0.15) is 5.82 Å².